The van der Waals surface area contributed by atoms with Crippen molar-refractivity contribution in [3.63, 3.8) is 0 Å². The van der Waals surface area contributed by atoms with Gasteiger partial charge in [0.15, 0.2) is 0 Å². The number of halogens is 2. The molecule has 1 aromatic carbocycles. The highest BCUT2D eigenvalue weighted by Gasteiger charge is 2.23. The summed E-state index contributed by atoms with van der Waals surface area (Å²) in [4.78, 5) is 47.0. The second-order valence-corrected chi connectivity index (χ2v) is 9.49. The quantitative estimate of drug-likeness (QED) is 0.373. The number of pyridine rings is 2. The molecule has 0 atom stereocenters. The number of carbonyl (C=O) groups is 2. The lowest BCUT2D eigenvalue weighted by Crippen LogP contribution is -2.36. The van der Waals surface area contributed by atoms with Crippen molar-refractivity contribution in [2.75, 3.05) is 0 Å². The van der Waals surface area contributed by atoms with Crippen LogP contribution in [0.15, 0.2) is 50.8 Å². The van der Waals surface area contributed by atoms with Crippen LogP contribution in [-0.4, -0.2) is 33.7 Å². The number of hydrogen-bond donors (Lipinski definition) is 1. The third kappa shape index (κ3) is 5.85. The molecule has 3 aromatic rings. The van der Waals surface area contributed by atoms with Gasteiger partial charge in [0.25, 0.3) is 11.5 Å². The SMILES string of the molecule is C=Nc1c(Br)cnc2c1cc(C(=O)NCc1ccc(Cl)cc1)c(=O)n2CC(=O)OC(C)(C)C. The van der Waals surface area contributed by atoms with Crippen molar-refractivity contribution in [2.45, 2.75) is 39.5 Å². The molecule has 2 aromatic heterocycles. The summed E-state index contributed by atoms with van der Waals surface area (Å²) in [6.45, 7) is 8.50. The van der Waals surface area contributed by atoms with Crippen LogP contribution < -0.4 is 10.9 Å². The molecule has 2 heterocycles. The fourth-order valence-electron chi connectivity index (χ4n) is 3.13. The Kier molecular flexibility index (Phi) is 7.34. The summed E-state index contributed by atoms with van der Waals surface area (Å²) in [6, 6.07) is 8.35. The van der Waals surface area contributed by atoms with Gasteiger partial charge in [0, 0.05) is 23.2 Å². The first-order valence-electron chi connectivity index (χ1n) is 9.93. The maximum atomic E-state index is 13.2. The number of rotatable bonds is 6. The van der Waals surface area contributed by atoms with E-state index in [1.165, 1.54) is 12.3 Å². The molecule has 172 valence electrons. The molecule has 0 unspecified atom stereocenters. The number of ether oxygens (including phenoxy) is 1. The average molecular weight is 534 g/mol. The Morgan fingerprint density at radius 2 is 1.94 bits per heavy atom. The number of aliphatic imine (C=N–C) groups is 1. The summed E-state index contributed by atoms with van der Waals surface area (Å²) in [5, 5.41) is 3.69. The number of esters is 1. The zero-order valence-corrected chi connectivity index (χ0v) is 20.7. The van der Waals surface area contributed by atoms with Gasteiger partial charge in [-0.05, 0) is 67.2 Å². The molecule has 0 aliphatic heterocycles. The number of nitrogens with one attached hydrogen (secondary N) is 1. The highest BCUT2D eigenvalue weighted by atomic mass is 79.9. The van der Waals surface area contributed by atoms with Gasteiger partial charge in [0.05, 0.1) is 10.2 Å². The number of amides is 1. The summed E-state index contributed by atoms with van der Waals surface area (Å²) in [6.07, 6.45) is 1.46. The monoisotopic (exact) mass is 532 g/mol. The highest BCUT2D eigenvalue weighted by molar-refractivity contribution is 9.10. The lowest BCUT2D eigenvalue weighted by Gasteiger charge is -2.20. The van der Waals surface area contributed by atoms with Crippen LogP contribution in [0.3, 0.4) is 0 Å². The van der Waals surface area contributed by atoms with E-state index in [2.05, 4.69) is 37.9 Å². The van der Waals surface area contributed by atoms with E-state index in [-0.39, 0.29) is 17.8 Å². The molecule has 0 bridgehead atoms. The Hall–Kier alpha value is -3.04. The number of hydrogen-bond acceptors (Lipinski definition) is 6. The van der Waals surface area contributed by atoms with Crippen molar-refractivity contribution in [2.24, 2.45) is 4.99 Å². The fraction of sp³-hybridized carbons (Fsp3) is 0.261. The van der Waals surface area contributed by atoms with Gasteiger partial charge in [-0.2, -0.15) is 0 Å². The average Bonchev–Trinajstić information content (AvgIpc) is 2.73. The van der Waals surface area contributed by atoms with E-state index >= 15 is 0 Å². The molecular weight excluding hydrogens is 512 g/mol. The largest absolute Gasteiger partial charge is 0.459 e. The number of nitrogens with zero attached hydrogens (tertiary/aromatic N) is 3. The maximum Gasteiger partial charge on any atom is 0.326 e. The molecule has 0 radical (unpaired) electrons. The number of aromatic nitrogens is 2. The zero-order valence-electron chi connectivity index (χ0n) is 18.3. The predicted molar refractivity (Wildman–Crippen MR) is 131 cm³/mol. The number of benzene rings is 1. The molecule has 1 amide bonds. The molecule has 0 saturated carbocycles. The van der Waals surface area contributed by atoms with Crippen LogP contribution in [-0.2, 0) is 22.6 Å². The van der Waals surface area contributed by atoms with Gasteiger partial charge >= 0.3 is 5.97 Å². The Labute approximate surface area is 203 Å². The van der Waals surface area contributed by atoms with Crippen molar-refractivity contribution in [3.05, 3.63) is 67.5 Å². The molecular formula is C23H22BrClN4O4. The van der Waals surface area contributed by atoms with E-state index in [1.807, 2.05) is 0 Å². The summed E-state index contributed by atoms with van der Waals surface area (Å²) >= 11 is 9.25. The summed E-state index contributed by atoms with van der Waals surface area (Å²) in [5.41, 5.74) is -0.193. The van der Waals surface area contributed by atoms with Crippen molar-refractivity contribution >= 4 is 62.8 Å². The maximum absolute atomic E-state index is 13.2. The van der Waals surface area contributed by atoms with Gasteiger partial charge in [-0.25, -0.2) is 4.98 Å². The van der Waals surface area contributed by atoms with Crippen LogP contribution in [0.1, 0.15) is 36.7 Å². The molecule has 1 N–H and O–H groups in total. The normalized spacial score (nSPS) is 11.3. The Morgan fingerprint density at radius 1 is 1.27 bits per heavy atom. The van der Waals surface area contributed by atoms with E-state index in [0.29, 0.717) is 20.6 Å². The van der Waals surface area contributed by atoms with E-state index < -0.39 is 29.6 Å². The van der Waals surface area contributed by atoms with E-state index in [1.54, 1.807) is 45.0 Å². The lowest BCUT2D eigenvalue weighted by atomic mass is 10.1. The number of fused-ring (bicyclic) bond motifs is 1. The fourth-order valence-corrected chi connectivity index (χ4v) is 3.70. The van der Waals surface area contributed by atoms with Crippen LogP contribution >= 0.6 is 27.5 Å². The van der Waals surface area contributed by atoms with Gasteiger partial charge < -0.3 is 10.1 Å². The molecule has 0 fully saturated rings. The van der Waals surface area contributed by atoms with E-state index in [0.717, 1.165) is 10.1 Å². The van der Waals surface area contributed by atoms with Crippen LogP contribution in [0.2, 0.25) is 5.02 Å². The summed E-state index contributed by atoms with van der Waals surface area (Å²) in [7, 11) is 0. The molecule has 3 rings (SSSR count). The standard InChI is InChI=1S/C23H22BrClN4O4/c1-23(2,3)33-18(30)12-29-20-15(19(26-4)17(24)11-27-20)9-16(22(29)32)21(31)28-10-13-5-7-14(25)8-6-13/h5-9,11H,4,10,12H2,1-3H3,(H,28,31). The minimum Gasteiger partial charge on any atom is -0.459 e. The third-order valence-electron chi connectivity index (χ3n) is 4.52. The van der Waals surface area contributed by atoms with Gasteiger partial charge in [0.1, 0.15) is 23.4 Å². The topological polar surface area (TPSA) is 103 Å². The van der Waals surface area contributed by atoms with Gasteiger partial charge in [-0.1, -0.05) is 23.7 Å². The molecule has 0 spiro atoms. The minimum absolute atomic E-state index is 0.162. The highest BCUT2D eigenvalue weighted by Crippen LogP contribution is 2.32. The van der Waals surface area contributed by atoms with E-state index in [9.17, 15) is 14.4 Å². The van der Waals surface area contributed by atoms with Crippen molar-refractivity contribution in [1.82, 2.24) is 14.9 Å². The first-order chi connectivity index (χ1) is 15.5. The van der Waals surface area contributed by atoms with Gasteiger partial charge in [-0.15, -0.1) is 0 Å². The summed E-state index contributed by atoms with van der Waals surface area (Å²) in [5.74, 6) is -1.24. The zero-order chi connectivity index (χ0) is 24.3. The van der Waals surface area contributed by atoms with E-state index in [4.69, 9.17) is 16.3 Å². The van der Waals surface area contributed by atoms with Crippen LogP contribution in [0.4, 0.5) is 5.69 Å². The lowest BCUT2D eigenvalue weighted by molar-refractivity contribution is -0.155. The van der Waals surface area contributed by atoms with Gasteiger partial charge in [0.2, 0.25) is 0 Å². The van der Waals surface area contributed by atoms with Crippen LogP contribution in [0, 0.1) is 0 Å². The molecule has 0 aliphatic carbocycles. The summed E-state index contributed by atoms with van der Waals surface area (Å²) < 4.78 is 7.00. The third-order valence-corrected chi connectivity index (χ3v) is 5.35. The predicted octanol–water partition coefficient (Wildman–Crippen LogP) is 4.42. The van der Waals surface area contributed by atoms with Crippen molar-refractivity contribution < 1.29 is 14.3 Å². The second-order valence-electron chi connectivity index (χ2n) is 8.20. The van der Waals surface area contributed by atoms with Crippen molar-refractivity contribution in [3.8, 4) is 0 Å². The first kappa shape index (κ1) is 24.6. The minimum atomic E-state index is -0.742. The first-order valence-corrected chi connectivity index (χ1v) is 11.1. The molecule has 33 heavy (non-hydrogen) atoms. The number of carbonyl (C=O) groups excluding carboxylic acids is 2. The Morgan fingerprint density at radius 3 is 2.55 bits per heavy atom. The van der Waals surface area contributed by atoms with Gasteiger partial charge in [-0.3, -0.25) is 23.9 Å². The van der Waals surface area contributed by atoms with Crippen LogP contribution in [0.25, 0.3) is 11.0 Å². The molecule has 10 heteroatoms. The van der Waals surface area contributed by atoms with Crippen LogP contribution in [0.5, 0.6) is 0 Å². The Bertz CT molecular complexity index is 1300. The molecule has 8 nitrogen and oxygen atoms in total. The molecule has 0 saturated heterocycles. The van der Waals surface area contributed by atoms with Crippen molar-refractivity contribution in [1.29, 1.82) is 0 Å². The smallest absolute Gasteiger partial charge is 0.326 e. The second kappa shape index (κ2) is 9.84. The molecule has 0 aliphatic rings. The Balaban J connectivity index is 2.06.